The number of nitrogens with one attached hydrogen (secondary N) is 3. The second kappa shape index (κ2) is 9.58. The Morgan fingerprint density at radius 3 is 2.29 bits per heavy atom. The van der Waals surface area contributed by atoms with Crippen LogP contribution in [0.3, 0.4) is 0 Å². The van der Waals surface area contributed by atoms with Crippen molar-refractivity contribution in [1.82, 2.24) is 5.32 Å². The molecule has 0 aliphatic carbocycles. The van der Waals surface area contributed by atoms with Crippen LogP contribution >= 0.6 is 11.6 Å². The molecule has 0 saturated heterocycles. The highest BCUT2D eigenvalue weighted by Crippen LogP contribution is 2.15. The molecule has 0 fully saturated rings. The first-order valence-electron chi connectivity index (χ1n) is 8.81. The van der Waals surface area contributed by atoms with E-state index in [0.29, 0.717) is 22.8 Å². The third-order valence-corrected chi connectivity index (χ3v) is 4.24. The van der Waals surface area contributed by atoms with Gasteiger partial charge < -0.3 is 16.0 Å². The number of hydrogen-bond acceptors (Lipinski definition) is 3. The minimum absolute atomic E-state index is 0.103. The summed E-state index contributed by atoms with van der Waals surface area (Å²) in [4.78, 5) is 24.2. The van der Waals surface area contributed by atoms with Crippen LogP contribution in [-0.2, 0) is 11.3 Å². The van der Waals surface area contributed by atoms with E-state index >= 15 is 0 Å². The summed E-state index contributed by atoms with van der Waals surface area (Å²) < 4.78 is 0. The molecule has 3 N–H and O–H groups in total. The summed E-state index contributed by atoms with van der Waals surface area (Å²) in [5.74, 6) is -0.332. The highest BCUT2D eigenvalue weighted by atomic mass is 35.5. The number of carbonyl (C=O) groups excluding carboxylic acids is 2. The fourth-order valence-corrected chi connectivity index (χ4v) is 2.76. The topological polar surface area (TPSA) is 70.2 Å². The number of halogens is 1. The van der Waals surface area contributed by atoms with Gasteiger partial charge in [-0.05, 0) is 48.0 Å². The van der Waals surface area contributed by atoms with Crippen LogP contribution in [0.5, 0.6) is 0 Å². The SMILES string of the molecule is O=C(CNc1ccc(C(=O)NCc2ccccc2)cc1)Nc1cccc(Cl)c1. The van der Waals surface area contributed by atoms with Crippen molar-refractivity contribution in [3.8, 4) is 0 Å². The summed E-state index contributed by atoms with van der Waals surface area (Å²) in [5.41, 5.74) is 3.00. The third-order valence-electron chi connectivity index (χ3n) is 4.00. The van der Waals surface area contributed by atoms with Crippen LogP contribution in [0.25, 0.3) is 0 Å². The number of carbonyl (C=O) groups is 2. The van der Waals surface area contributed by atoms with Crippen LogP contribution in [0, 0.1) is 0 Å². The Labute approximate surface area is 168 Å². The molecule has 2 amide bonds. The maximum absolute atomic E-state index is 12.2. The predicted octanol–water partition coefficient (Wildman–Crippen LogP) is 4.32. The summed E-state index contributed by atoms with van der Waals surface area (Å²) >= 11 is 5.90. The van der Waals surface area contributed by atoms with Gasteiger partial charge in [0.1, 0.15) is 0 Å². The molecule has 0 bridgehead atoms. The normalized spacial score (nSPS) is 10.2. The molecule has 0 atom stereocenters. The lowest BCUT2D eigenvalue weighted by molar-refractivity contribution is -0.114. The molecule has 0 radical (unpaired) electrons. The van der Waals surface area contributed by atoms with E-state index in [-0.39, 0.29) is 18.4 Å². The second-order valence-electron chi connectivity index (χ2n) is 6.16. The highest BCUT2D eigenvalue weighted by Gasteiger charge is 2.06. The molecule has 3 aromatic rings. The zero-order valence-corrected chi connectivity index (χ0v) is 15.9. The summed E-state index contributed by atoms with van der Waals surface area (Å²) in [5, 5.41) is 9.24. The lowest BCUT2D eigenvalue weighted by atomic mass is 10.1. The first-order chi connectivity index (χ1) is 13.6. The van der Waals surface area contributed by atoms with Crippen LogP contribution in [0.4, 0.5) is 11.4 Å². The van der Waals surface area contributed by atoms with Gasteiger partial charge in [0.15, 0.2) is 0 Å². The Hall–Kier alpha value is -3.31. The molecule has 0 heterocycles. The largest absolute Gasteiger partial charge is 0.376 e. The van der Waals surface area contributed by atoms with Crippen molar-refractivity contribution in [2.75, 3.05) is 17.2 Å². The van der Waals surface area contributed by atoms with Gasteiger partial charge >= 0.3 is 0 Å². The van der Waals surface area contributed by atoms with Gasteiger partial charge in [-0.25, -0.2) is 0 Å². The van der Waals surface area contributed by atoms with E-state index in [1.807, 2.05) is 30.3 Å². The van der Waals surface area contributed by atoms with E-state index in [1.54, 1.807) is 48.5 Å². The Morgan fingerprint density at radius 2 is 1.57 bits per heavy atom. The van der Waals surface area contributed by atoms with Crippen LogP contribution in [0.1, 0.15) is 15.9 Å². The fourth-order valence-electron chi connectivity index (χ4n) is 2.57. The number of anilines is 2. The van der Waals surface area contributed by atoms with Gasteiger partial charge in [-0.1, -0.05) is 48.0 Å². The average molecular weight is 394 g/mol. The smallest absolute Gasteiger partial charge is 0.251 e. The van der Waals surface area contributed by atoms with Crippen molar-refractivity contribution in [1.29, 1.82) is 0 Å². The van der Waals surface area contributed by atoms with Gasteiger partial charge in [0.2, 0.25) is 5.91 Å². The van der Waals surface area contributed by atoms with Gasteiger partial charge in [0.25, 0.3) is 5.91 Å². The van der Waals surface area contributed by atoms with Gasteiger partial charge in [0, 0.05) is 28.5 Å². The molecular formula is C22H20ClN3O2. The Kier molecular flexibility index (Phi) is 6.65. The molecule has 0 aliphatic heterocycles. The second-order valence-corrected chi connectivity index (χ2v) is 6.59. The Bertz CT molecular complexity index is 944. The molecule has 0 spiro atoms. The first-order valence-corrected chi connectivity index (χ1v) is 9.19. The van der Waals surface area contributed by atoms with E-state index < -0.39 is 0 Å². The summed E-state index contributed by atoms with van der Waals surface area (Å²) in [6.07, 6.45) is 0. The van der Waals surface area contributed by atoms with Crippen molar-refractivity contribution >= 4 is 34.8 Å². The lowest BCUT2D eigenvalue weighted by Crippen LogP contribution is -2.23. The molecule has 0 aromatic heterocycles. The van der Waals surface area contributed by atoms with Gasteiger partial charge in [0.05, 0.1) is 6.54 Å². The van der Waals surface area contributed by atoms with Gasteiger partial charge in [-0.15, -0.1) is 0 Å². The minimum atomic E-state index is -0.188. The zero-order chi connectivity index (χ0) is 19.8. The van der Waals surface area contributed by atoms with E-state index in [1.165, 1.54) is 0 Å². The van der Waals surface area contributed by atoms with Gasteiger partial charge in [-0.3, -0.25) is 9.59 Å². The zero-order valence-electron chi connectivity index (χ0n) is 15.1. The number of benzene rings is 3. The van der Waals surface area contributed by atoms with Crippen molar-refractivity contribution in [2.45, 2.75) is 6.54 Å². The van der Waals surface area contributed by atoms with Crippen molar-refractivity contribution in [3.63, 3.8) is 0 Å². The van der Waals surface area contributed by atoms with E-state index in [4.69, 9.17) is 11.6 Å². The number of rotatable bonds is 7. The Balaban J connectivity index is 1.47. The molecular weight excluding hydrogens is 374 g/mol. The molecule has 0 aliphatic rings. The lowest BCUT2D eigenvalue weighted by Gasteiger charge is -2.09. The quantitative estimate of drug-likeness (QED) is 0.559. The van der Waals surface area contributed by atoms with E-state index in [9.17, 15) is 9.59 Å². The average Bonchev–Trinajstić information content (AvgIpc) is 2.72. The first kappa shape index (κ1) is 19.5. The summed E-state index contributed by atoms with van der Waals surface area (Å²) in [7, 11) is 0. The standard InChI is InChI=1S/C22H20ClN3O2/c23-18-7-4-8-20(13-18)26-21(27)15-24-19-11-9-17(10-12-19)22(28)25-14-16-5-2-1-3-6-16/h1-13,24H,14-15H2,(H,25,28)(H,26,27). The minimum Gasteiger partial charge on any atom is -0.376 e. The predicted molar refractivity (Wildman–Crippen MR) is 113 cm³/mol. The molecule has 5 nitrogen and oxygen atoms in total. The van der Waals surface area contributed by atoms with Crippen molar-refractivity contribution in [2.24, 2.45) is 0 Å². The molecule has 3 aromatic carbocycles. The fraction of sp³-hybridized carbons (Fsp3) is 0.0909. The molecule has 0 saturated carbocycles. The monoisotopic (exact) mass is 393 g/mol. The van der Waals surface area contributed by atoms with Crippen LogP contribution in [0.15, 0.2) is 78.9 Å². The Morgan fingerprint density at radius 1 is 0.821 bits per heavy atom. The molecule has 6 heteroatoms. The maximum atomic E-state index is 12.2. The molecule has 0 unspecified atom stereocenters. The van der Waals surface area contributed by atoms with Gasteiger partial charge in [-0.2, -0.15) is 0 Å². The maximum Gasteiger partial charge on any atom is 0.251 e. The molecule has 3 rings (SSSR count). The highest BCUT2D eigenvalue weighted by molar-refractivity contribution is 6.30. The van der Waals surface area contributed by atoms with Crippen molar-refractivity contribution < 1.29 is 9.59 Å². The third kappa shape index (κ3) is 5.86. The van der Waals surface area contributed by atoms with Crippen LogP contribution < -0.4 is 16.0 Å². The van der Waals surface area contributed by atoms with E-state index in [0.717, 1.165) is 11.3 Å². The van der Waals surface area contributed by atoms with Crippen LogP contribution in [0.2, 0.25) is 5.02 Å². The molecule has 142 valence electrons. The van der Waals surface area contributed by atoms with Crippen molar-refractivity contribution in [3.05, 3.63) is 95.0 Å². The number of amides is 2. The summed E-state index contributed by atoms with van der Waals surface area (Å²) in [6.45, 7) is 0.579. The summed E-state index contributed by atoms with van der Waals surface area (Å²) in [6, 6.07) is 23.7. The number of hydrogen-bond donors (Lipinski definition) is 3. The van der Waals surface area contributed by atoms with E-state index in [2.05, 4.69) is 16.0 Å². The molecule has 28 heavy (non-hydrogen) atoms. The van der Waals surface area contributed by atoms with Crippen LogP contribution in [-0.4, -0.2) is 18.4 Å².